The summed E-state index contributed by atoms with van der Waals surface area (Å²) in [5, 5.41) is 28.9. The Morgan fingerprint density at radius 2 is 1.04 bits per heavy atom. The molecule has 0 aliphatic carbocycles. The number of para-hydroxylation sites is 2. The van der Waals surface area contributed by atoms with Crippen molar-refractivity contribution in [3.8, 4) is 34.3 Å². The van der Waals surface area contributed by atoms with Crippen molar-refractivity contribution in [2.75, 3.05) is 24.7 Å². The van der Waals surface area contributed by atoms with Crippen molar-refractivity contribution in [3.63, 3.8) is 0 Å². The largest absolute Gasteiger partial charge is 0.493 e. The van der Waals surface area contributed by atoms with E-state index in [0.717, 1.165) is 51.7 Å². The molecule has 0 fully saturated rings. The van der Waals surface area contributed by atoms with Gasteiger partial charge < -0.3 is 9.47 Å². The quantitative estimate of drug-likeness (QED) is 0.209. The molecule has 4 aromatic heterocycles. The molecule has 0 spiro atoms. The number of ether oxygens (including phenoxy) is 2. The molecule has 14 heteroatoms. The van der Waals surface area contributed by atoms with Crippen LogP contribution >= 0.6 is 23.5 Å². The monoisotopic (exact) mass is 674 g/mol. The molecule has 1 aliphatic heterocycles. The Balaban J connectivity index is 1.19. The summed E-state index contributed by atoms with van der Waals surface area (Å²) in [5.74, 6) is 4.24. The first-order chi connectivity index (χ1) is 23.8. The van der Waals surface area contributed by atoms with Gasteiger partial charge in [-0.3, -0.25) is 9.97 Å². The Kier molecular flexibility index (Phi) is 10.1. The van der Waals surface area contributed by atoms with Gasteiger partial charge in [0.25, 0.3) is 0 Å². The molecule has 0 amide bonds. The zero-order valence-corrected chi connectivity index (χ0v) is 27.4. The van der Waals surface area contributed by atoms with Crippen LogP contribution in [0.2, 0.25) is 0 Å². The van der Waals surface area contributed by atoms with Crippen molar-refractivity contribution in [3.05, 3.63) is 109 Å². The Bertz CT molecular complexity index is 1870. The summed E-state index contributed by atoms with van der Waals surface area (Å²) in [6.45, 7) is 0.928. The van der Waals surface area contributed by atoms with Crippen LogP contribution in [-0.4, -0.2) is 76.9 Å². The molecule has 7 rings (SSSR count). The van der Waals surface area contributed by atoms with Gasteiger partial charge in [-0.1, -0.05) is 47.8 Å². The first kappa shape index (κ1) is 31.3. The van der Waals surface area contributed by atoms with Crippen LogP contribution in [0.1, 0.15) is 24.0 Å². The molecular weight excluding hydrogens is 645 g/mol. The van der Waals surface area contributed by atoms with Crippen LogP contribution in [0.5, 0.6) is 11.5 Å². The summed E-state index contributed by atoms with van der Waals surface area (Å²) in [7, 11) is 0. The van der Waals surface area contributed by atoms with Gasteiger partial charge in [0, 0.05) is 65.0 Å². The lowest BCUT2D eigenvalue weighted by Gasteiger charge is -2.11. The van der Waals surface area contributed by atoms with Crippen LogP contribution < -0.4 is 9.47 Å². The van der Waals surface area contributed by atoms with E-state index < -0.39 is 0 Å². The van der Waals surface area contributed by atoms with Crippen molar-refractivity contribution in [2.45, 2.75) is 23.2 Å². The average Bonchev–Trinajstić information content (AvgIpc) is 3.74. The van der Waals surface area contributed by atoms with Gasteiger partial charge in [-0.15, -0.1) is 20.4 Å². The van der Waals surface area contributed by atoms with Crippen LogP contribution in [0.3, 0.4) is 0 Å². The number of thioether (sulfide) groups is 2. The van der Waals surface area contributed by atoms with E-state index in [9.17, 15) is 0 Å². The summed E-state index contributed by atoms with van der Waals surface area (Å²) < 4.78 is 15.9. The van der Waals surface area contributed by atoms with E-state index in [1.54, 1.807) is 70.1 Å². The summed E-state index contributed by atoms with van der Waals surface area (Å²) in [5.41, 5.74) is 3.33. The van der Waals surface area contributed by atoms with E-state index in [0.29, 0.717) is 41.6 Å². The molecule has 1 aliphatic rings. The number of rotatable bonds is 2. The fraction of sp³-hybridized carbons (Fsp3) is 0.176. The Hall–Kier alpha value is -5.34. The van der Waals surface area contributed by atoms with Crippen molar-refractivity contribution in [1.82, 2.24) is 39.7 Å². The molecule has 5 heterocycles. The van der Waals surface area contributed by atoms with Gasteiger partial charge in [0.05, 0.1) is 25.6 Å². The minimum absolute atomic E-state index is 0.464. The SMILES string of the molecule is C1=N\n2c(nnc2-c2cccnc2)SCCCSc2nnc(-c3cccnc3)n2/N=C\c2ccccc2OCCCOc2ccccc2/1. The molecule has 0 saturated heterocycles. The number of benzene rings is 2. The Labute approximate surface area is 285 Å². The number of fused-ring (bicyclic) bond motifs is 4. The molecule has 240 valence electrons. The maximum absolute atomic E-state index is 6.18. The predicted molar refractivity (Wildman–Crippen MR) is 187 cm³/mol. The molecule has 0 bridgehead atoms. The third-order valence-electron chi connectivity index (χ3n) is 7.08. The second-order valence-corrected chi connectivity index (χ2v) is 12.5. The number of pyridine rings is 2. The lowest BCUT2D eigenvalue weighted by atomic mass is 10.2. The zero-order chi connectivity index (χ0) is 32.4. The van der Waals surface area contributed by atoms with E-state index in [1.807, 2.05) is 72.8 Å². The molecule has 2 aromatic carbocycles. The number of hydrogen-bond donors (Lipinski definition) is 0. The number of nitrogens with zero attached hydrogens (tertiary/aromatic N) is 10. The highest BCUT2D eigenvalue weighted by molar-refractivity contribution is 8.00. The summed E-state index contributed by atoms with van der Waals surface area (Å²) in [6, 6.07) is 23.3. The van der Waals surface area contributed by atoms with Crippen LogP contribution in [0, 0.1) is 0 Å². The molecule has 0 N–H and O–H groups in total. The molecule has 0 radical (unpaired) electrons. The number of aromatic nitrogens is 8. The van der Waals surface area contributed by atoms with E-state index >= 15 is 0 Å². The summed E-state index contributed by atoms with van der Waals surface area (Å²) >= 11 is 3.18. The average molecular weight is 675 g/mol. The number of hydrogen-bond acceptors (Lipinski definition) is 12. The lowest BCUT2D eigenvalue weighted by molar-refractivity contribution is 0.247. The minimum Gasteiger partial charge on any atom is -0.493 e. The van der Waals surface area contributed by atoms with Crippen molar-refractivity contribution in [2.24, 2.45) is 10.2 Å². The third-order valence-corrected chi connectivity index (χ3v) is 9.09. The molecule has 48 heavy (non-hydrogen) atoms. The van der Waals surface area contributed by atoms with Crippen LogP contribution in [-0.2, 0) is 0 Å². The van der Waals surface area contributed by atoms with Gasteiger partial charge in [-0.05, 0) is 55.0 Å². The molecular formula is C34H30N10O2S2. The highest BCUT2D eigenvalue weighted by Gasteiger charge is 2.17. The van der Waals surface area contributed by atoms with Crippen LogP contribution in [0.25, 0.3) is 22.8 Å². The second-order valence-electron chi connectivity index (χ2n) is 10.4. The van der Waals surface area contributed by atoms with E-state index in [2.05, 4.69) is 30.4 Å². The highest BCUT2D eigenvalue weighted by atomic mass is 32.2. The fourth-order valence-corrected chi connectivity index (χ4v) is 6.59. The first-order valence-corrected chi connectivity index (χ1v) is 17.3. The Morgan fingerprint density at radius 3 is 1.52 bits per heavy atom. The fourth-order valence-electron chi connectivity index (χ4n) is 4.76. The Morgan fingerprint density at radius 1 is 0.542 bits per heavy atom. The smallest absolute Gasteiger partial charge is 0.212 e. The van der Waals surface area contributed by atoms with E-state index in [1.165, 1.54) is 0 Å². The van der Waals surface area contributed by atoms with Crippen LogP contribution in [0.4, 0.5) is 0 Å². The highest BCUT2D eigenvalue weighted by Crippen LogP contribution is 2.28. The lowest BCUT2D eigenvalue weighted by Crippen LogP contribution is -2.07. The normalized spacial score (nSPS) is 15.5. The minimum atomic E-state index is 0.464. The third kappa shape index (κ3) is 7.45. The molecule has 0 saturated carbocycles. The first-order valence-electron chi connectivity index (χ1n) is 15.3. The van der Waals surface area contributed by atoms with Gasteiger partial charge in [0.2, 0.25) is 10.3 Å². The van der Waals surface area contributed by atoms with Crippen molar-refractivity contribution in [1.29, 1.82) is 0 Å². The molecule has 6 aromatic rings. The predicted octanol–water partition coefficient (Wildman–Crippen LogP) is 6.19. The van der Waals surface area contributed by atoms with Crippen LogP contribution in [0.15, 0.2) is 118 Å². The van der Waals surface area contributed by atoms with Gasteiger partial charge in [0.1, 0.15) is 11.5 Å². The topological polar surface area (TPSA) is 130 Å². The maximum atomic E-state index is 6.18. The summed E-state index contributed by atoms with van der Waals surface area (Å²) in [4.78, 5) is 8.53. The summed E-state index contributed by atoms with van der Waals surface area (Å²) in [6.07, 6.45) is 12.1. The van der Waals surface area contributed by atoms with E-state index in [4.69, 9.17) is 19.7 Å². The second kappa shape index (κ2) is 15.5. The molecule has 0 unspecified atom stereocenters. The molecule has 0 atom stereocenters. The van der Waals surface area contributed by atoms with Gasteiger partial charge in [0.15, 0.2) is 11.6 Å². The standard InChI is InChI=1S/C34H30N10O2S2/c1-3-13-29-25(9-1)23-37-43-31(27-11-5-15-35-21-27)39-41-33(43)47-19-8-20-48-34-42-40-32(28-12-6-16-36-22-28)44(34)38-24-26-10-2-4-14-30(26)46-18-7-17-45-29/h1-6,9-16,21-24H,7-8,17-20H2/b37-23-,38-24-. The van der Waals surface area contributed by atoms with Gasteiger partial charge >= 0.3 is 0 Å². The van der Waals surface area contributed by atoms with Crippen molar-refractivity contribution < 1.29 is 9.47 Å². The maximum Gasteiger partial charge on any atom is 0.212 e. The molecule has 12 nitrogen and oxygen atoms in total. The van der Waals surface area contributed by atoms with E-state index in [-0.39, 0.29) is 0 Å². The zero-order valence-electron chi connectivity index (χ0n) is 25.7. The van der Waals surface area contributed by atoms with Crippen molar-refractivity contribution >= 4 is 36.0 Å². The van der Waals surface area contributed by atoms with Gasteiger partial charge in [-0.2, -0.15) is 19.6 Å². The van der Waals surface area contributed by atoms with Gasteiger partial charge in [-0.25, -0.2) is 0 Å².